The Kier molecular flexibility index (Phi) is 5.88. The maximum Gasteiger partial charge on any atom is 0.404 e. The molecule has 0 aromatic heterocycles. The number of carbonyl (C=O) groups excluding carboxylic acids is 1. The molecule has 5 heteroatoms. The van der Waals surface area contributed by atoms with Crippen molar-refractivity contribution in [2.45, 2.75) is 118 Å². The summed E-state index contributed by atoms with van der Waals surface area (Å²) in [7, 11) is 0. The number of allylic oxidation sites excluding steroid dienone is 2. The molecule has 1 amide bonds. The maximum atomic E-state index is 11.9. The Bertz CT molecular complexity index is 960. The van der Waals surface area contributed by atoms with E-state index in [1.54, 1.807) is 5.57 Å². The van der Waals surface area contributed by atoms with Crippen LogP contribution in [0.15, 0.2) is 11.6 Å². The molecule has 5 nitrogen and oxygen atoms in total. The summed E-state index contributed by atoms with van der Waals surface area (Å²) >= 11 is 0. The van der Waals surface area contributed by atoms with Crippen molar-refractivity contribution in [3.63, 3.8) is 0 Å². The summed E-state index contributed by atoms with van der Waals surface area (Å²) < 4.78 is 5.84. The lowest BCUT2D eigenvalue weighted by Crippen LogP contribution is -2.66. The normalized spacial score (nSPS) is 53.7. The van der Waals surface area contributed by atoms with E-state index in [9.17, 15) is 15.0 Å². The molecule has 4 fully saturated rings. The highest BCUT2D eigenvalue weighted by molar-refractivity contribution is 5.65. The number of rotatable bonds is 2. The van der Waals surface area contributed by atoms with Gasteiger partial charge in [0.15, 0.2) is 0 Å². The van der Waals surface area contributed by atoms with Crippen LogP contribution in [0.1, 0.15) is 106 Å². The molecule has 5 rings (SSSR count). The Hall–Kier alpha value is -1.07. The highest BCUT2D eigenvalue weighted by atomic mass is 16.6. The zero-order chi connectivity index (χ0) is 26.5. The molecule has 5 aliphatic carbocycles. The van der Waals surface area contributed by atoms with Crippen molar-refractivity contribution >= 4 is 6.09 Å². The highest BCUT2D eigenvalue weighted by Crippen LogP contribution is 2.75. The lowest BCUT2D eigenvalue weighted by molar-refractivity contribution is -0.218. The number of aliphatic hydroxyl groups is 2. The van der Waals surface area contributed by atoms with Gasteiger partial charge in [-0.1, -0.05) is 60.1 Å². The number of primary amides is 1. The SMILES string of the molecule is CC1(C)C[C@@H]2C3=CC[C@@H]4[C@@]5(C)CC[C@H](O)[C@@](C)(CO)C5CC[C@@]4(C)[C@]3(C)CC[C@@]2(C)[C@H](OC(N)=O)C1. The molecule has 0 heterocycles. The van der Waals surface area contributed by atoms with Crippen molar-refractivity contribution in [2.24, 2.45) is 56.0 Å². The second kappa shape index (κ2) is 7.97. The van der Waals surface area contributed by atoms with Crippen LogP contribution in [0.2, 0.25) is 0 Å². The van der Waals surface area contributed by atoms with Crippen LogP contribution >= 0.6 is 0 Å². The van der Waals surface area contributed by atoms with Crippen LogP contribution in [0.5, 0.6) is 0 Å². The number of nitrogens with two attached hydrogens (primary N) is 1. The second-order valence-corrected chi connectivity index (χ2v) is 15.6. The third-order valence-corrected chi connectivity index (χ3v) is 13.5. The van der Waals surface area contributed by atoms with E-state index in [0.717, 1.165) is 57.8 Å². The number of hydrogen-bond donors (Lipinski definition) is 3. The van der Waals surface area contributed by atoms with Crippen LogP contribution in [-0.4, -0.2) is 35.1 Å². The summed E-state index contributed by atoms with van der Waals surface area (Å²) in [5.74, 6) is 1.27. The first-order valence-electron chi connectivity index (χ1n) is 14.5. The Balaban J connectivity index is 1.57. The monoisotopic (exact) mass is 501 g/mol. The second-order valence-electron chi connectivity index (χ2n) is 15.6. The quantitative estimate of drug-likeness (QED) is 0.392. The molecule has 4 N–H and O–H groups in total. The smallest absolute Gasteiger partial charge is 0.404 e. The van der Waals surface area contributed by atoms with E-state index in [1.165, 1.54) is 0 Å². The molecule has 0 aromatic carbocycles. The van der Waals surface area contributed by atoms with Crippen LogP contribution in [0.25, 0.3) is 0 Å². The van der Waals surface area contributed by atoms with Crippen molar-refractivity contribution in [3.05, 3.63) is 11.6 Å². The van der Waals surface area contributed by atoms with E-state index in [4.69, 9.17) is 10.5 Å². The average molecular weight is 502 g/mol. The number of carbonyl (C=O) groups is 1. The van der Waals surface area contributed by atoms with Gasteiger partial charge < -0.3 is 20.7 Å². The van der Waals surface area contributed by atoms with E-state index in [2.05, 4.69) is 54.5 Å². The van der Waals surface area contributed by atoms with Crippen LogP contribution in [0, 0.1) is 50.2 Å². The number of aliphatic hydroxyl groups excluding tert-OH is 2. The van der Waals surface area contributed by atoms with Crippen LogP contribution in [0.4, 0.5) is 4.79 Å². The summed E-state index contributed by atoms with van der Waals surface area (Å²) in [6.07, 6.45) is 10.7. The summed E-state index contributed by atoms with van der Waals surface area (Å²) in [5.41, 5.74) is 7.16. The molecule has 1 unspecified atom stereocenters. The molecule has 5 aliphatic rings. The van der Waals surface area contributed by atoms with Crippen LogP contribution in [0.3, 0.4) is 0 Å². The van der Waals surface area contributed by atoms with E-state index in [1.807, 2.05) is 0 Å². The highest BCUT2D eigenvalue weighted by Gasteiger charge is 2.69. The first-order chi connectivity index (χ1) is 16.6. The number of ether oxygens (including phenoxy) is 1. The van der Waals surface area contributed by atoms with E-state index in [-0.39, 0.29) is 39.8 Å². The Morgan fingerprint density at radius 1 is 0.972 bits per heavy atom. The summed E-state index contributed by atoms with van der Waals surface area (Å²) in [5, 5.41) is 21.4. The minimum Gasteiger partial charge on any atom is -0.446 e. The van der Waals surface area contributed by atoms with E-state index in [0.29, 0.717) is 17.8 Å². The topological polar surface area (TPSA) is 92.8 Å². The molecule has 0 aliphatic heterocycles. The van der Waals surface area contributed by atoms with Crippen molar-refractivity contribution < 1.29 is 19.7 Å². The van der Waals surface area contributed by atoms with Gasteiger partial charge in [0.05, 0.1) is 12.7 Å². The van der Waals surface area contributed by atoms with E-state index >= 15 is 0 Å². The fourth-order valence-electron chi connectivity index (χ4n) is 11.0. The summed E-state index contributed by atoms with van der Waals surface area (Å²) in [6.45, 7) is 16.8. The number of amides is 1. The number of fused-ring (bicyclic) bond motifs is 7. The van der Waals surface area contributed by atoms with Crippen molar-refractivity contribution in [1.82, 2.24) is 0 Å². The Morgan fingerprint density at radius 3 is 2.31 bits per heavy atom. The van der Waals surface area contributed by atoms with Gasteiger partial charge in [-0.2, -0.15) is 0 Å². The zero-order valence-corrected chi connectivity index (χ0v) is 23.8. The van der Waals surface area contributed by atoms with Gasteiger partial charge in [-0.15, -0.1) is 0 Å². The molecule has 0 aromatic rings. The molecular weight excluding hydrogens is 450 g/mol. The van der Waals surface area contributed by atoms with Crippen LogP contribution < -0.4 is 5.73 Å². The zero-order valence-electron chi connectivity index (χ0n) is 23.8. The molecule has 0 spiro atoms. The first kappa shape index (κ1) is 26.5. The minimum atomic E-state index is -0.645. The molecule has 0 bridgehead atoms. The molecule has 10 atom stereocenters. The lowest BCUT2D eigenvalue weighted by Gasteiger charge is -2.71. The van der Waals surface area contributed by atoms with Gasteiger partial charge in [-0.25, -0.2) is 4.79 Å². The Morgan fingerprint density at radius 2 is 1.67 bits per heavy atom. The van der Waals surface area contributed by atoms with Gasteiger partial charge in [0.25, 0.3) is 0 Å². The van der Waals surface area contributed by atoms with Crippen molar-refractivity contribution in [3.8, 4) is 0 Å². The molecule has 0 radical (unpaired) electrons. The minimum absolute atomic E-state index is 0.0625. The summed E-state index contributed by atoms with van der Waals surface area (Å²) in [4.78, 5) is 11.9. The molecule has 0 saturated heterocycles. The molecule has 36 heavy (non-hydrogen) atoms. The standard InChI is InChI=1S/C31H51NO4/c1-26(2)16-20-19-8-9-22-28(4)12-11-23(34)29(5,18-33)21(28)10-13-31(22,7)30(19,6)15-14-27(20,3)24(17-26)36-25(32)35/h8,20-24,33-34H,9-18H2,1-7H3,(H2,32,35)/t20-,21?,22-,23+,24-,27-,28+,29+,30-,31-/m1/s1. The largest absolute Gasteiger partial charge is 0.446 e. The predicted molar refractivity (Wildman–Crippen MR) is 142 cm³/mol. The van der Waals surface area contributed by atoms with Crippen molar-refractivity contribution in [2.75, 3.05) is 6.61 Å². The summed E-state index contributed by atoms with van der Waals surface area (Å²) in [6, 6.07) is 0. The molecule has 4 saturated carbocycles. The Labute approximate surface area is 218 Å². The predicted octanol–water partition coefficient (Wildman–Crippen LogP) is 6.22. The van der Waals surface area contributed by atoms with Gasteiger partial charge in [0.2, 0.25) is 0 Å². The fraction of sp³-hybridized carbons (Fsp3) is 0.903. The van der Waals surface area contributed by atoms with E-state index < -0.39 is 17.6 Å². The third kappa shape index (κ3) is 3.30. The van der Waals surface area contributed by atoms with Crippen LogP contribution in [-0.2, 0) is 4.74 Å². The first-order valence-corrected chi connectivity index (χ1v) is 14.5. The molecular formula is C31H51NO4. The van der Waals surface area contributed by atoms with Crippen molar-refractivity contribution in [1.29, 1.82) is 0 Å². The number of hydrogen-bond acceptors (Lipinski definition) is 4. The van der Waals surface area contributed by atoms with Gasteiger partial charge in [-0.3, -0.25) is 0 Å². The van der Waals surface area contributed by atoms with Gasteiger partial charge >= 0.3 is 6.09 Å². The molecule has 204 valence electrons. The fourth-order valence-corrected chi connectivity index (χ4v) is 11.0. The third-order valence-electron chi connectivity index (χ3n) is 13.5. The van der Waals surface area contributed by atoms with Gasteiger partial charge in [0, 0.05) is 10.8 Å². The lowest BCUT2D eigenvalue weighted by atomic mass is 9.33. The maximum absolute atomic E-state index is 11.9. The average Bonchev–Trinajstić information content (AvgIpc) is 2.78. The van der Waals surface area contributed by atoms with Gasteiger partial charge in [-0.05, 0) is 97.2 Å². The van der Waals surface area contributed by atoms with Gasteiger partial charge in [0.1, 0.15) is 6.10 Å².